The summed E-state index contributed by atoms with van der Waals surface area (Å²) in [7, 11) is 0. The summed E-state index contributed by atoms with van der Waals surface area (Å²) in [6.45, 7) is 2.68. The first-order valence-corrected chi connectivity index (χ1v) is 7.37. The van der Waals surface area contributed by atoms with Crippen molar-refractivity contribution >= 4 is 11.9 Å². The summed E-state index contributed by atoms with van der Waals surface area (Å²) >= 11 is 0. The van der Waals surface area contributed by atoms with Crippen molar-refractivity contribution in [2.75, 3.05) is 6.61 Å². The molecule has 21 heavy (non-hydrogen) atoms. The molecular weight excluding hydrogens is 270 g/mol. The Balaban J connectivity index is 1.92. The maximum Gasteiger partial charge on any atom is 0.326 e. The summed E-state index contributed by atoms with van der Waals surface area (Å²) in [5.74, 6) is -0.345. The number of hydrogen-bond acceptors (Lipinski definition) is 3. The van der Waals surface area contributed by atoms with E-state index >= 15 is 0 Å². The van der Waals surface area contributed by atoms with Gasteiger partial charge in [0.05, 0.1) is 13.0 Å². The van der Waals surface area contributed by atoms with Crippen LogP contribution in [0.25, 0.3) is 0 Å². The molecule has 0 bridgehead atoms. The van der Waals surface area contributed by atoms with Crippen LogP contribution >= 0.6 is 0 Å². The van der Waals surface area contributed by atoms with E-state index in [2.05, 4.69) is 5.32 Å². The van der Waals surface area contributed by atoms with Crippen LogP contribution in [0.1, 0.15) is 37.3 Å². The van der Waals surface area contributed by atoms with Crippen LogP contribution in [0.3, 0.4) is 0 Å². The van der Waals surface area contributed by atoms with Gasteiger partial charge in [-0.25, -0.2) is 4.79 Å². The number of hydrogen-bond donors (Lipinski definition) is 2. The van der Waals surface area contributed by atoms with Gasteiger partial charge in [0, 0.05) is 6.42 Å². The fourth-order valence-electron chi connectivity index (χ4n) is 2.45. The summed E-state index contributed by atoms with van der Waals surface area (Å²) in [5, 5.41) is 11.7. The van der Waals surface area contributed by atoms with Crippen LogP contribution < -0.4 is 10.1 Å². The van der Waals surface area contributed by atoms with Gasteiger partial charge >= 0.3 is 5.97 Å². The predicted octanol–water partition coefficient (Wildman–Crippen LogP) is 1.92. The Bertz CT molecular complexity index is 527. The molecular formula is C16H21NO4. The number of nitrogens with one attached hydrogen (secondary N) is 1. The second kappa shape index (κ2) is 7.11. The molecule has 1 heterocycles. The van der Waals surface area contributed by atoms with Gasteiger partial charge in [-0.05, 0) is 23.6 Å². The Kier molecular flexibility index (Phi) is 5.20. The van der Waals surface area contributed by atoms with Crippen molar-refractivity contribution < 1.29 is 19.4 Å². The molecule has 0 aliphatic carbocycles. The lowest BCUT2D eigenvalue weighted by Crippen LogP contribution is -2.41. The van der Waals surface area contributed by atoms with Crippen molar-refractivity contribution in [1.82, 2.24) is 5.32 Å². The number of unbranched alkanes of at least 4 members (excludes halogenated alkanes) is 1. The zero-order chi connectivity index (χ0) is 15.2. The van der Waals surface area contributed by atoms with E-state index in [1.54, 1.807) is 0 Å². The Morgan fingerprint density at radius 2 is 2.24 bits per heavy atom. The van der Waals surface area contributed by atoms with Gasteiger partial charge < -0.3 is 15.2 Å². The van der Waals surface area contributed by atoms with E-state index in [1.807, 2.05) is 25.1 Å². The van der Waals surface area contributed by atoms with Crippen molar-refractivity contribution in [2.24, 2.45) is 0 Å². The van der Waals surface area contributed by atoms with Crippen molar-refractivity contribution in [3.05, 3.63) is 29.3 Å². The summed E-state index contributed by atoms with van der Waals surface area (Å²) in [6.07, 6.45) is 3.22. The normalized spacial score (nSPS) is 14.1. The molecule has 1 atom stereocenters. The molecule has 1 amide bonds. The zero-order valence-electron chi connectivity index (χ0n) is 12.2. The van der Waals surface area contributed by atoms with Crippen LogP contribution in [0.5, 0.6) is 5.75 Å². The standard InChI is InChI=1S/C16H21NO4/c1-2-3-4-13(16(19)20)17-15(18)10-11-5-6-14-12(9-11)7-8-21-14/h5-6,9,13H,2-4,7-8,10H2,1H3,(H,17,18)(H,19,20). The number of carbonyl (C=O) groups excluding carboxylic acids is 1. The average molecular weight is 291 g/mol. The van der Waals surface area contributed by atoms with Gasteiger partial charge in [-0.15, -0.1) is 0 Å². The molecule has 1 aliphatic rings. The highest BCUT2D eigenvalue weighted by Gasteiger charge is 2.20. The smallest absolute Gasteiger partial charge is 0.326 e. The number of carbonyl (C=O) groups is 2. The first kappa shape index (κ1) is 15.4. The second-order valence-electron chi connectivity index (χ2n) is 5.32. The van der Waals surface area contributed by atoms with E-state index in [-0.39, 0.29) is 12.3 Å². The Morgan fingerprint density at radius 1 is 1.43 bits per heavy atom. The number of fused-ring (bicyclic) bond motifs is 1. The minimum Gasteiger partial charge on any atom is -0.493 e. The van der Waals surface area contributed by atoms with Crippen molar-refractivity contribution in [2.45, 2.75) is 45.1 Å². The Hall–Kier alpha value is -2.04. The summed E-state index contributed by atoms with van der Waals surface area (Å²) in [5.41, 5.74) is 2.00. The zero-order valence-corrected chi connectivity index (χ0v) is 12.2. The largest absolute Gasteiger partial charge is 0.493 e. The number of ether oxygens (including phenoxy) is 1. The van der Waals surface area contributed by atoms with Crippen molar-refractivity contribution in [3.8, 4) is 5.75 Å². The fourth-order valence-corrected chi connectivity index (χ4v) is 2.45. The maximum absolute atomic E-state index is 12.0. The number of amides is 1. The molecule has 5 heteroatoms. The molecule has 0 aromatic heterocycles. The Labute approximate surface area is 124 Å². The molecule has 114 valence electrons. The van der Waals surface area contributed by atoms with E-state index < -0.39 is 12.0 Å². The van der Waals surface area contributed by atoms with Gasteiger partial charge in [0.25, 0.3) is 0 Å². The highest BCUT2D eigenvalue weighted by atomic mass is 16.5. The maximum atomic E-state index is 12.0. The highest BCUT2D eigenvalue weighted by molar-refractivity contribution is 5.84. The van der Waals surface area contributed by atoms with E-state index in [0.717, 1.165) is 36.1 Å². The van der Waals surface area contributed by atoms with E-state index in [1.165, 1.54) is 0 Å². The molecule has 2 N–H and O–H groups in total. The lowest BCUT2D eigenvalue weighted by atomic mass is 10.1. The topological polar surface area (TPSA) is 75.6 Å². The highest BCUT2D eigenvalue weighted by Crippen LogP contribution is 2.25. The molecule has 1 aromatic carbocycles. The van der Waals surface area contributed by atoms with Crippen LogP contribution in [0.2, 0.25) is 0 Å². The summed E-state index contributed by atoms with van der Waals surface area (Å²) in [6, 6.07) is 4.89. The van der Waals surface area contributed by atoms with Crippen LogP contribution in [-0.2, 0) is 22.4 Å². The molecule has 1 aromatic rings. The first-order valence-electron chi connectivity index (χ1n) is 7.37. The van der Waals surface area contributed by atoms with Crippen LogP contribution in [0, 0.1) is 0 Å². The predicted molar refractivity (Wildman–Crippen MR) is 78.4 cm³/mol. The molecule has 2 rings (SSSR count). The van der Waals surface area contributed by atoms with Gasteiger partial charge in [0.2, 0.25) is 5.91 Å². The first-order chi connectivity index (χ1) is 10.1. The van der Waals surface area contributed by atoms with Crippen LogP contribution in [0.15, 0.2) is 18.2 Å². The minimum atomic E-state index is -0.973. The van der Waals surface area contributed by atoms with Crippen LogP contribution in [0.4, 0.5) is 0 Å². The minimum absolute atomic E-state index is 0.198. The van der Waals surface area contributed by atoms with Gasteiger partial charge in [0.1, 0.15) is 11.8 Å². The molecule has 0 fully saturated rings. The third kappa shape index (κ3) is 4.21. The number of carboxylic acids is 1. The third-order valence-electron chi connectivity index (χ3n) is 3.60. The second-order valence-corrected chi connectivity index (χ2v) is 5.32. The molecule has 1 aliphatic heterocycles. The third-order valence-corrected chi connectivity index (χ3v) is 3.60. The van der Waals surface area contributed by atoms with E-state index in [4.69, 9.17) is 9.84 Å². The number of carboxylic acid groups (broad SMARTS) is 1. The monoisotopic (exact) mass is 291 g/mol. The van der Waals surface area contributed by atoms with Gasteiger partial charge in [0.15, 0.2) is 0 Å². The summed E-state index contributed by atoms with van der Waals surface area (Å²) in [4.78, 5) is 23.1. The van der Waals surface area contributed by atoms with Crippen molar-refractivity contribution in [1.29, 1.82) is 0 Å². The SMILES string of the molecule is CCCCC(NC(=O)Cc1ccc2c(c1)CCO2)C(=O)O. The molecule has 0 radical (unpaired) electrons. The Morgan fingerprint density at radius 3 is 2.95 bits per heavy atom. The number of benzene rings is 1. The lowest BCUT2D eigenvalue weighted by Gasteiger charge is -2.14. The fraction of sp³-hybridized carbons (Fsp3) is 0.500. The van der Waals surface area contributed by atoms with E-state index in [9.17, 15) is 9.59 Å². The quantitative estimate of drug-likeness (QED) is 0.805. The van der Waals surface area contributed by atoms with Gasteiger partial charge in [-0.2, -0.15) is 0 Å². The lowest BCUT2D eigenvalue weighted by molar-refractivity contribution is -0.142. The number of rotatable bonds is 7. The molecule has 5 nitrogen and oxygen atoms in total. The van der Waals surface area contributed by atoms with Crippen molar-refractivity contribution in [3.63, 3.8) is 0 Å². The molecule has 0 spiro atoms. The summed E-state index contributed by atoms with van der Waals surface area (Å²) < 4.78 is 5.42. The number of aliphatic carboxylic acids is 1. The molecule has 1 unspecified atom stereocenters. The van der Waals surface area contributed by atoms with Gasteiger partial charge in [-0.3, -0.25) is 4.79 Å². The molecule has 0 saturated heterocycles. The van der Waals surface area contributed by atoms with Gasteiger partial charge in [-0.1, -0.05) is 31.9 Å². The average Bonchev–Trinajstić information content (AvgIpc) is 2.90. The van der Waals surface area contributed by atoms with Crippen LogP contribution in [-0.4, -0.2) is 29.6 Å². The molecule has 0 saturated carbocycles. The van der Waals surface area contributed by atoms with E-state index in [0.29, 0.717) is 13.0 Å².